The molecule has 7 heteroatoms. The van der Waals surface area contributed by atoms with E-state index in [1.54, 1.807) is 0 Å². The number of carbonyl (C=O) groups excluding carboxylic acids is 2. The van der Waals surface area contributed by atoms with Crippen LogP contribution in [0.1, 0.15) is 0 Å². The number of hydrogen-bond donors (Lipinski definition) is 1. The summed E-state index contributed by atoms with van der Waals surface area (Å²) in [6.07, 6.45) is -5.11. The van der Waals surface area contributed by atoms with Gasteiger partial charge in [-0.3, -0.25) is 9.59 Å². The van der Waals surface area contributed by atoms with E-state index < -0.39 is 23.2 Å². The highest BCUT2D eigenvalue weighted by atomic mass is 35.5. The quantitative estimate of drug-likeness (QED) is 0.499. The van der Waals surface area contributed by atoms with Crippen LogP contribution in [0.5, 0.6) is 0 Å². The van der Waals surface area contributed by atoms with Gasteiger partial charge in [0.2, 0.25) is 5.24 Å². The zero-order valence-corrected chi connectivity index (χ0v) is 5.74. The molecule has 3 nitrogen and oxygen atoms in total. The normalized spacial score (nSPS) is 14.3. The average Bonchev–Trinajstić information content (AvgIpc) is 1.82. The molecule has 2 N–H and O–H groups in total. The highest BCUT2D eigenvalue weighted by molar-refractivity contribution is 6.66. The minimum atomic E-state index is -5.11. The summed E-state index contributed by atoms with van der Waals surface area (Å²) >= 11 is 4.54. The van der Waals surface area contributed by atoms with Crippen molar-refractivity contribution in [3.63, 3.8) is 0 Å². The Hall–Kier alpha value is -0.620. The van der Waals surface area contributed by atoms with Gasteiger partial charge in [-0.15, -0.1) is 0 Å². The molecule has 0 amide bonds. The minimum Gasteiger partial charge on any atom is -0.314 e. The van der Waals surface area contributed by atoms with E-state index in [1.807, 2.05) is 0 Å². The predicted octanol–water partition coefficient (Wildman–Crippen LogP) is 0.210. The van der Waals surface area contributed by atoms with Crippen molar-refractivity contribution in [2.75, 3.05) is 0 Å². The van der Waals surface area contributed by atoms with Crippen LogP contribution in [0.15, 0.2) is 0 Å². The number of carbonyl (C=O) groups is 2. The van der Waals surface area contributed by atoms with Crippen LogP contribution in [0.4, 0.5) is 13.2 Å². The largest absolute Gasteiger partial charge is 0.452 e. The van der Waals surface area contributed by atoms with Gasteiger partial charge in [0.05, 0.1) is 0 Å². The van der Waals surface area contributed by atoms with Crippen molar-refractivity contribution in [2.24, 2.45) is 5.73 Å². The molecule has 0 fully saturated rings. The summed E-state index contributed by atoms with van der Waals surface area (Å²) < 4.78 is 34.3. The van der Waals surface area contributed by atoms with E-state index in [9.17, 15) is 22.8 Å². The summed E-state index contributed by atoms with van der Waals surface area (Å²) in [7, 11) is 0. The van der Waals surface area contributed by atoms with Crippen molar-refractivity contribution >= 4 is 22.6 Å². The molecule has 0 rings (SSSR count). The van der Waals surface area contributed by atoms with Crippen LogP contribution in [0.2, 0.25) is 0 Å². The van der Waals surface area contributed by atoms with Gasteiger partial charge < -0.3 is 5.73 Å². The molecular formula is C4H3ClF3NO2. The number of halogens is 4. The third-order valence-corrected chi connectivity index (χ3v) is 1.04. The van der Waals surface area contributed by atoms with Gasteiger partial charge in [0.25, 0.3) is 5.78 Å². The molecule has 0 saturated carbocycles. The van der Waals surface area contributed by atoms with Gasteiger partial charge in [-0.05, 0) is 11.6 Å². The van der Waals surface area contributed by atoms with Gasteiger partial charge >= 0.3 is 6.18 Å². The summed E-state index contributed by atoms with van der Waals surface area (Å²) in [5.74, 6) is -2.34. The van der Waals surface area contributed by atoms with Gasteiger partial charge in [-0.2, -0.15) is 13.2 Å². The zero-order chi connectivity index (χ0) is 9.23. The lowest BCUT2D eigenvalue weighted by atomic mass is 10.2. The molecule has 11 heavy (non-hydrogen) atoms. The van der Waals surface area contributed by atoms with E-state index in [2.05, 4.69) is 17.3 Å². The molecule has 64 valence electrons. The average molecular weight is 190 g/mol. The molecule has 0 aromatic rings. The first kappa shape index (κ1) is 10.4. The number of rotatable bonds is 2. The lowest BCUT2D eigenvalue weighted by molar-refractivity contribution is -0.172. The maximum absolute atomic E-state index is 11.4. The van der Waals surface area contributed by atoms with E-state index in [-0.39, 0.29) is 0 Å². The first-order valence-corrected chi connectivity index (χ1v) is 2.70. The number of ketones is 1. The number of alkyl halides is 3. The van der Waals surface area contributed by atoms with Crippen molar-refractivity contribution in [3.8, 4) is 0 Å². The Morgan fingerprint density at radius 1 is 1.36 bits per heavy atom. The van der Waals surface area contributed by atoms with E-state index in [1.165, 1.54) is 0 Å². The number of hydrogen-bond acceptors (Lipinski definition) is 3. The van der Waals surface area contributed by atoms with Crippen molar-refractivity contribution in [1.82, 2.24) is 0 Å². The fourth-order valence-electron chi connectivity index (χ4n) is 0.279. The van der Waals surface area contributed by atoms with Crippen molar-refractivity contribution in [1.29, 1.82) is 0 Å². The molecular weight excluding hydrogens is 186 g/mol. The van der Waals surface area contributed by atoms with Crippen LogP contribution in [0.25, 0.3) is 0 Å². The van der Waals surface area contributed by atoms with Gasteiger partial charge in [-0.25, -0.2) is 0 Å². The highest BCUT2D eigenvalue weighted by Gasteiger charge is 2.44. The molecule has 0 heterocycles. The Labute approximate surface area is 64.3 Å². The van der Waals surface area contributed by atoms with Gasteiger partial charge in [0.15, 0.2) is 0 Å². The molecule has 1 unspecified atom stereocenters. The van der Waals surface area contributed by atoms with Crippen LogP contribution in [-0.2, 0) is 9.59 Å². The Kier molecular flexibility index (Phi) is 3.01. The molecule has 0 bridgehead atoms. The fourth-order valence-corrected chi connectivity index (χ4v) is 0.378. The first-order chi connectivity index (χ1) is 4.76. The maximum Gasteiger partial charge on any atom is 0.452 e. The third kappa shape index (κ3) is 2.85. The second-order valence-electron chi connectivity index (χ2n) is 1.64. The third-order valence-electron chi connectivity index (χ3n) is 0.806. The van der Waals surface area contributed by atoms with E-state index in [0.29, 0.717) is 0 Å². The topological polar surface area (TPSA) is 60.2 Å². The van der Waals surface area contributed by atoms with Crippen molar-refractivity contribution in [2.45, 2.75) is 12.2 Å². The minimum absolute atomic E-state index is 1.52. The summed E-state index contributed by atoms with van der Waals surface area (Å²) in [5, 5.41) is -1.52. The van der Waals surface area contributed by atoms with Crippen LogP contribution < -0.4 is 5.73 Å². The van der Waals surface area contributed by atoms with E-state index in [4.69, 9.17) is 0 Å². The number of nitrogens with two attached hydrogens (primary N) is 1. The monoisotopic (exact) mass is 189 g/mol. The molecule has 0 aromatic carbocycles. The van der Waals surface area contributed by atoms with Crippen LogP contribution in [0.3, 0.4) is 0 Å². The number of Topliss-reactive ketones (excluding diaryl/α,β-unsaturated/α-hetero) is 1. The summed E-state index contributed by atoms with van der Waals surface area (Å²) in [6, 6.07) is -2.31. The molecule has 0 radical (unpaired) electrons. The standard InChI is InChI=1S/C4H3ClF3NO2/c5-3(11)1(9)2(10)4(6,7)8/h1H,9H2. The van der Waals surface area contributed by atoms with Gasteiger partial charge in [0, 0.05) is 0 Å². The molecule has 0 aliphatic heterocycles. The first-order valence-electron chi connectivity index (χ1n) is 2.32. The van der Waals surface area contributed by atoms with Crippen LogP contribution >= 0.6 is 11.6 Å². The Morgan fingerprint density at radius 2 is 1.73 bits per heavy atom. The van der Waals surface area contributed by atoms with Gasteiger partial charge in [0.1, 0.15) is 6.04 Å². The maximum atomic E-state index is 11.4. The predicted molar refractivity (Wildman–Crippen MR) is 29.9 cm³/mol. The van der Waals surface area contributed by atoms with Gasteiger partial charge in [-0.1, -0.05) is 0 Å². The highest BCUT2D eigenvalue weighted by Crippen LogP contribution is 2.17. The summed E-state index contributed by atoms with van der Waals surface area (Å²) in [5.41, 5.74) is 4.50. The Morgan fingerprint density at radius 3 is 1.82 bits per heavy atom. The lowest BCUT2D eigenvalue weighted by Gasteiger charge is -2.07. The molecule has 0 spiro atoms. The SMILES string of the molecule is NC(C(=O)Cl)C(=O)C(F)(F)F. The second-order valence-corrected chi connectivity index (χ2v) is 2.02. The van der Waals surface area contributed by atoms with Crippen LogP contribution in [0, 0.1) is 0 Å². The van der Waals surface area contributed by atoms with Crippen molar-refractivity contribution < 1.29 is 22.8 Å². The molecule has 0 saturated heterocycles. The van der Waals surface area contributed by atoms with Crippen molar-refractivity contribution in [3.05, 3.63) is 0 Å². The van der Waals surface area contributed by atoms with E-state index >= 15 is 0 Å². The van der Waals surface area contributed by atoms with E-state index in [0.717, 1.165) is 0 Å². The zero-order valence-electron chi connectivity index (χ0n) is 4.98. The summed E-state index contributed by atoms with van der Waals surface area (Å²) in [4.78, 5) is 20.0. The lowest BCUT2D eigenvalue weighted by Crippen LogP contribution is -2.44. The molecule has 1 atom stereocenters. The summed E-state index contributed by atoms with van der Waals surface area (Å²) in [6.45, 7) is 0. The Bertz CT molecular complexity index is 190. The Balaban J connectivity index is 4.39. The molecule has 0 aliphatic rings. The van der Waals surface area contributed by atoms with Crippen LogP contribution in [-0.4, -0.2) is 23.2 Å². The molecule has 0 aliphatic carbocycles. The fraction of sp³-hybridized carbons (Fsp3) is 0.500. The smallest absolute Gasteiger partial charge is 0.314 e. The second kappa shape index (κ2) is 3.19. The molecule has 0 aromatic heterocycles.